The molecule has 0 bridgehead atoms. The van der Waals surface area contributed by atoms with E-state index in [0.717, 1.165) is 33.0 Å². The van der Waals surface area contributed by atoms with Crippen LogP contribution in [-0.4, -0.2) is 53.3 Å². The van der Waals surface area contributed by atoms with E-state index in [-0.39, 0.29) is 39.4 Å². The van der Waals surface area contributed by atoms with Gasteiger partial charge in [-0.15, -0.1) is 0 Å². The van der Waals surface area contributed by atoms with E-state index in [2.05, 4.69) is 15.6 Å². The van der Waals surface area contributed by atoms with Gasteiger partial charge in [0.1, 0.15) is 5.82 Å². The van der Waals surface area contributed by atoms with E-state index in [1.54, 1.807) is 18.3 Å². The normalized spacial score (nSPS) is 12.6. The molecule has 0 unspecified atom stereocenters. The van der Waals surface area contributed by atoms with Gasteiger partial charge in [-0.1, -0.05) is 18.2 Å². The molecular formula is C26H23F2N6O2S2W-. The second-order valence-electron chi connectivity index (χ2n) is 8.11. The molecule has 0 saturated carbocycles. The number of piperazine rings is 1. The molecule has 0 spiro atoms. The van der Waals surface area contributed by atoms with Gasteiger partial charge in [-0.05, 0) is 47.4 Å². The molecule has 1 aromatic carbocycles. The first kappa shape index (κ1) is 30.5. The van der Waals surface area contributed by atoms with Crippen molar-refractivity contribution in [3.8, 4) is 11.4 Å². The number of nitrogens with one attached hydrogen (secondary N) is 2. The Labute approximate surface area is 247 Å². The molecule has 2 amide bonds. The Hall–Kier alpha value is -3.08. The Morgan fingerprint density at radius 1 is 1.08 bits per heavy atom. The van der Waals surface area contributed by atoms with E-state index < -0.39 is 6.93 Å². The Kier molecular flexibility index (Phi) is 11.6. The molecule has 1 aliphatic heterocycles. The third-order valence-electron chi connectivity index (χ3n) is 5.61. The SMILES string of the molecule is FCF.O=C1CN(c2cccc(-c3ccc4cnc(CNC(=O)c5cccc(S[S-])c5)cc4n3)n2)CCN1.[W]. The predicted octanol–water partition coefficient (Wildman–Crippen LogP) is 3.99. The second kappa shape index (κ2) is 14.9. The molecule has 3 aromatic heterocycles. The number of hydrogen-bond acceptors (Lipinski definition) is 8. The minimum Gasteiger partial charge on any atom is -0.714 e. The molecule has 1 fully saturated rings. The fourth-order valence-corrected chi connectivity index (χ4v) is 4.46. The maximum atomic E-state index is 12.5. The van der Waals surface area contributed by atoms with Crippen LogP contribution in [0.2, 0.25) is 0 Å². The van der Waals surface area contributed by atoms with Gasteiger partial charge in [0.25, 0.3) is 5.91 Å². The quantitative estimate of drug-likeness (QED) is 0.227. The van der Waals surface area contributed by atoms with Crippen molar-refractivity contribution < 1.29 is 39.4 Å². The van der Waals surface area contributed by atoms with Crippen LogP contribution < -0.4 is 15.5 Å². The summed E-state index contributed by atoms with van der Waals surface area (Å²) in [6.45, 7) is 0.129. The number of amides is 2. The predicted molar refractivity (Wildman–Crippen MR) is 146 cm³/mol. The van der Waals surface area contributed by atoms with Crippen LogP contribution in [0.3, 0.4) is 0 Å². The maximum Gasteiger partial charge on any atom is 0.251 e. The standard InChI is InChI=1S/C25H22N6O2S2.CH2F2.W/c32-24-15-31(10-9-26-24)23-6-2-5-20(30-23)21-8-7-17-13-27-18(12-22(17)29-21)14-28-25(33)16-3-1-4-19(11-16)35-34;2-1-3;/h1-8,11-13,34H,9-10,14-15H2,(H,26,32)(H,28,33);1H2;/p-1. The number of benzene rings is 1. The molecule has 39 heavy (non-hydrogen) atoms. The van der Waals surface area contributed by atoms with Crippen molar-refractivity contribution in [3.05, 3.63) is 78.1 Å². The number of rotatable bonds is 6. The van der Waals surface area contributed by atoms with E-state index in [9.17, 15) is 18.4 Å². The zero-order chi connectivity index (χ0) is 26.9. The number of carbonyl (C=O) groups is 2. The van der Waals surface area contributed by atoms with Crippen molar-refractivity contribution in [1.82, 2.24) is 25.6 Å². The van der Waals surface area contributed by atoms with Crippen LogP contribution in [0.25, 0.3) is 22.3 Å². The van der Waals surface area contributed by atoms with Crippen LogP contribution in [0, 0.1) is 0 Å². The average molecular weight is 737 g/mol. The summed E-state index contributed by atoms with van der Waals surface area (Å²) in [6.07, 6.45) is 1.75. The fourth-order valence-electron chi connectivity index (χ4n) is 3.84. The number of nitrogens with zero attached hydrogens (tertiary/aromatic N) is 4. The first-order chi connectivity index (χ1) is 18.5. The number of anilines is 1. The van der Waals surface area contributed by atoms with Gasteiger partial charge in [0.15, 0.2) is 0 Å². The van der Waals surface area contributed by atoms with Gasteiger partial charge in [0.2, 0.25) is 12.8 Å². The van der Waals surface area contributed by atoms with E-state index in [0.29, 0.717) is 30.9 Å². The number of fused-ring (bicyclic) bond motifs is 1. The molecule has 2 N–H and O–H groups in total. The van der Waals surface area contributed by atoms with Gasteiger partial charge in [-0.25, -0.2) is 18.7 Å². The molecule has 4 aromatic rings. The molecule has 0 aliphatic carbocycles. The van der Waals surface area contributed by atoms with Gasteiger partial charge in [0, 0.05) is 51.3 Å². The molecule has 8 nitrogen and oxygen atoms in total. The fraction of sp³-hybridized carbons (Fsp3) is 0.192. The van der Waals surface area contributed by atoms with Crippen LogP contribution in [0.5, 0.6) is 0 Å². The summed E-state index contributed by atoms with van der Waals surface area (Å²) in [5.41, 5.74) is 3.46. The van der Waals surface area contributed by atoms with Crippen molar-refractivity contribution in [2.24, 2.45) is 0 Å². The molecule has 1 aliphatic rings. The molecule has 5 rings (SSSR count). The van der Waals surface area contributed by atoms with Crippen molar-refractivity contribution in [2.75, 3.05) is 31.5 Å². The first-order valence-electron chi connectivity index (χ1n) is 11.6. The number of alkyl halides is 2. The van der Waals surface area contributed by atoms with Gasteiger partial charge >= 0.3 is 0 Å². The minimum atomic E-state index is -1.75. The van der Waals surface area contributed by atoms with Gasteiger partial charge in [-0.3, -0.25) is 25.4 Å². The zero-order valence-electron chi connectivity index (χ0n) is 20.5. The van der Waals surface area contributed by atoms with Gasteiger partial charge in [-0.2, -0.15) is 0 Å². The Bertz CT molecular complexity index is 1450. The maximum absolute atomic E-state index is 12.5. The minimum absolute atomic E-state index is 0. The Morgan fingerprint density at radius 3 is 2.62 bits per heavy atom. The van der Waals surface area contributed by atoms with Gasteiger partial charge < -0.3 is 27.2 Å². The largest absolute Gasteiger partial charge is 0.714 e. The van der Waals surface area contributed by atoms with Crippen molar-refractivity contribution in [2.45, 2.75) is 11.4 Å². The molecule has 1 saturated heterocycles. The zero-order valence-corrected chi connectivity index (χ0v) is 25.0. The van der Waals surface area contributed by atoms with Crippen molar-refractivity contribution >= 4 is 51.0 Å². The van der Waals surface area contributed by atoms with Crippen molar-refractivity contribution in [1.29, 1.82) is 0 Å². The van der Waals surface area contributed by atoms with E-state index >= 15 is 0 Å². The molecule has 0 radical (unpaired) electrons. The molecule has 0 atom stereocenters. The third-order valence-corrected chi connectivity index (χ3v) is 6.64. The number of halogens is 2. The number of pyridine rings is 3. The summed E-state index contributed by atoms with van der Waals surface area (Å²) in [4.78, 5) is 41.1. The third kappa shape index (κ3) is 8.20. The van der Waals surface area contributed by atoms with E-state index in [1.165, 1.54) is 10.8 Å². The van der Waals surface area contributed by atoms with Crippen LogP contribution in [0.15, 0.2) is 71.8 Å². The number of carbonyl (C=O) groups excluding carboxylic acids is 2. The van der Waals surface area contributed by atoms with Crippen molar-refractivity contribution in [3.63, 3.8) is 0 Å². The van der Waals surface area contributed by atoms with Crippen LogP contribution in [0.4, 0.5) is 14.6 Å². The van der Waals surface area contributed by atoms with Crippen LogP contribution in [-0.2, 0) is 44.1 Å². The molecular weight excluding hydrogens is 714 g/mol. The summed E-state index contributed by atoms with van der Waals surface area (Å²) in [7, 11) is 1.18. The topological polar surface area (TPSA) is 100 Å². The van der Waals surface area contributed by atoms with E-state index in [1.807, 2.05) is 53.4 Å². The van der Waals surface area contributed by atoms with E-state index in [4.69, 9.17) is 21.6 Å². The van der Waals surface area contributed by atoms with Crippen LogP contribution in [0.1, 0.15) is 16.1 Å². The summed E-state index contributed by atoms with van der Waals surface area (Å²) < 4.78 is 19.2. The average Bonchev–Trinajstić information content (AvgIpc) is 2.96. The Morgan fingerprint density at radius 2 is 1.85 bits per heavy atom. The van der Waals surface area contributed by atoms with Crippen LogP contribution >= 0.6 is 10.8 Å². The summed E-state index contributed by atoms with van der Waals surface area (Å²) in [5.74, 6) is 0.550. The number of aromatic nitrogens is 3. The van der Waals surface area contributed by atoms with Gasteiger partial charge in [0.05, 0.1) is 35.7 Å². The summed E-state index contributed by atoms with van der Waals surface area (Å²) >= 11 is 4.99. The Balaban J connectivity index is 0.00000101. The smallest absolute Gasteiger partial charge is 0.251 e. The molecule has 4 heterocycles. The number of hydrogen-bond donors (Lipinski definition) is 2. The molecule has 13 heteroatoms. The first-order valence-corrected chi connectivity index (χ1v) is 13.3. The summed E-state index contributed by atoms with van der Waals surface area (Å²) in [5, 5.41) is 6.62. The molecule has 202 valence electrons. The monoisotopic (exact) mass is 737 g/mol. The second-order valence-corrected chi connectivity index (χ2v) is 9.25. The summed E-state index contributed by atoms with van der Waals surface area (Å²) in [6, 6.07) is 18.7.